The van der Waals surface area contributed by atoms with E-state index in [1.165, 1.54) is 32.2 Å². The molecule has 0 amide bonds. The van der Waals surface area contributed by atoms with E-state index >= 15 is 0 Å². The highest BCUT2D eigenvalue weighted by Crippen LogP contribution is 2.28. The molecule has 3 heteroatoms. The Hall–Kier alpha value is 0.400. The molecule has 1 aliphatic carbocycles. The first-order valence-electron chi connectivity index (χ1n) is 6.58. The molecular weight excluding hydrogens is 266 g/mol. The summed E-state index contributed by atoms with van der Waals surface area (Å²) in [7, 11) is 2.20. The van der Waals surface area contributed by atoms with Crippen molar-refractivity contribution in [3.63, 3.8) is 0 Å². The topological polar surface area (TPSA) is 12.5 Å². The summed E-state index contributed by atoms with van der Waals surface area (Å²) in [6.07, 6.45) is 5.37. The number of halogens is 1. The first kappa shape index (κ1) is 14.5. The highest BCUT2D eigenvalue weighted by molar-refractivity contribution is 9.09. The molecule has 0 aromatic rings. The van der Waals surface area contributed by atoms with Crippen LogP contribution in [0.5, 0.6) is 0 Å². The van der Waals surface area contributed by atoms with Gasteiger partial charge in [-0.25, -0.2) is 0 Å². The molecule has 2 nitrogen and oxygen atoms in total. The predicted molar refractivity (Wildman–Crippen MR) is 73.2 cm³/mol. The highest BCUT2D eigenvalue weighted by Gasteiger charge is 2.21. The van der Waals surface area contributed by atoms with Crippen LogP contribution in [0.25, 0.3) is 0 Å². The molecule has 0 spiro atoms. The van der Waals surface area contributed by atoms with E-state index in [1.807, 2.05) is 0 Å². The molecule has 0 aromatic carbocycles. The van der Waals surface area contributed by atoms with Crippen molar-refractivity contribution in [3.8, 4) is 0 Å². The summed E-state index contributed by atoms with van der Waals surface area (Å²) in [5.74, 6) is 1.68. The normalized spacial score (nSPS) is 18.0. The second-order valence-corrected chi connectivity index (χ2v) is 5.74. The summed E-state index contributed by atoms with van der Waals surface area (Å²) in [5, 5.41) is 1.12. The van der Waals surface area contributed by atoms with Gasteiger partial charge in [-0.2, -0.15) is 0 Å². The van der Waals surface area contributed by atoms with Gasteiger partial charge in [-0.05, 0) is 38.1 Å². The summed E-state index contributed by atoms with van der Waals surface area (Å²) in [5.41, 5.74) is 0. The number of rotatable bonds is 10. The summed E-state index contributed by atoms with van der Waals surface area (Å²) < 4.78 is 5.65. The molecule has 1 fully saturated rings. The second kappa shape index (κ2) is 8.48. The van der Waals surface area contributed by atoms with E-state index in [1.54, 1.807) is 0 Å². The number of nitrogens with zero attached hydrogens (tertiary/aromatic N) is 1. The predicted octanol–water partition coefficient (Wildman–Crippen LogP) is 3.16. The fourth-order valence-electron chi connectivity index (χ4n) is 1.91. The Morgan fingerprint density at radius 2 is 2.19 bits per heavy atom. The van der Waals surface area contributed by atoms with Crippen molar-refractivity contribution < 1.29 is 4.74 Å². The molecule has 0 aliphatic heterocycles. The Balaban J connectivity index is 1.96. The van der Waals surface area contributed by atoms with Gasteiger partial charge in [0.15, 0.2) is 0 Å². The van der Waals surface area contributed by atoms with Crippen LogP contribution in [-0.4, -0.2) is 43.6 Å². The van der Waals surface area contributed by atoms with E-state index in [0.29, 0.717) is 0 Å². The minimum absolute atomic E-state index is 0.790. The molecule has 1 atom stereocenters. The van der Waals surface area contributed by atoms with E-state index in [-0.39, 0.29) is 0 Å². The van der Waals surface area contributed by atoms with Crippen LogP contribution < -0.4 is 0 Å². The van der Waals surface area contributed by atoms with Gasteiger partial charge in [0.25, 0.3) is 0 Å². The van der Waals surface area contributed by atoms with E-state index in [9.17, 15) is 0 Å². The van der Waals surface area contributed by atoms with Crippen LogP contribution in [0.4, 0.5) is 0 Å². The molecule has 0 N–H and O–H groups in total. The van der Waals surface area contributed by atoms with E-state index < -0.39 is 0 Å². The fraction of sp³-hybridized carbons (Fsp3) is 1.00. The lowest BCUT2D eigenvalue weighted by atomic mass is 10.1. The standard InChI is InChI=1S/C13H26BrNO/c1-3-4-13(9-14)10-15(2)7-8-16-11-12-5-6-12/h12-13H,3-11H2,1-2H3. The molecular formula is C13H26BrNO. The zero-order valence-corrected chi connectivity index (χ0v) is 12.3. The number of ether oxygens (including phenoxy) is 1. The smallest absolute Gasteiger partial charge is 0.0593 e. The van der Waals surface area contributed by atoms with E-state index in [0.717, 1.165) is 36.9 Å². The molecule has 96 valence electrons. The van der Waals surface area contributed by atoms with Crippen LogP contribution in [-0.2, 0) is 4.74 Å². The molecule has 1 rings (SSSR count). The molecule has 1 aliphatic rings. The Kier molecular flexibility index (Phi) is 7.67. The summed E-state index contributed by atoms with van der Waals surface area (Å²) in [6, 6.07) is 0. The van der Waals surface area contributed by atoms with Gasteiger partial charge < -0.3 is 9.64 Å². The van der Waals surface area contributed by atoms with Crippen molar-refractivity contribution >= 4 is 15.9 Å². The van der Waals surface area contributed by atoms with Gasteiger partial charge in [-0.15, -0.1) is 0 Å². The average molecular weight is 292 g/mol. The van der Waals surface area contributed by atoms with Crippen LogP contribution >= 0.6 is 15.9 Å². The molecule has 0 radical (unpaired) electrons. The number of hydrogen-bond donors (Lipinski definition) is 0. The lowest BCUT2D eigenvalue weighted by molar-refractivity contribution is 0.0996. The van der Waals surface area contributed by atoms with Gasteiger partial charge in [0.1, 0.15) is 0 Å². The largest absolute Gasteiger partial charge is 0.380 e. The van der Waals surface area contributed by atoms with Gasteiger partial charge in [-0.3, -0.25) is 0 Å². The number of hydrogen-bond acceptors (Lipinski definition) is 2. The lowest BCUT2D eigenvalue weighted by Crippen LogP contribution is -2.29. The quantitative estimate of drug-likeness (QED) is 0.453. The van der Waals surface area contributed by atoms with Gasteiger partial charge in [-0.1, -0.05) is 29.3 Å². The number of likely N-dealkylation sites (N-methyl/N-ethyl adjacent to an activating group) is 1. The monoisotopic (exact) mass is 291 g/mol. The molecule has 0 bridgehead atoms. The zero-order chi connectivity index (χ0) is 11.8. The first-order chi connectivity index (χ1) is 7.76. The third-order valence-electron chi connectivity index (χ3n) is 3.15. The summed E-state index contributed by atoms with van der Waals surface area (Å²) in [6.45, 7) is 6.40. The highest BCUT2D eigenvalue weighted by atomic mass is 79.9. The maximum absolute atomic E-state index is 5.65. The van der Waals surface area contributed by atoms with E-state index in [2.05, 4.69) is 34.8 Å². The van der Waals surface area contributed by atoms with Gasteiger partial charge in [0.2, 0.25) is 0 Å². The Bertz CT molecular complexity index is 173. The van der Waals surface area contributed by atoms with Crippen LogP contribution in [0.1, 0.15) is 32.6 Å². The van der Waals surface area contributed by atoms with Crippen molar-refractivity contribution in [1.82, 2.24) is 4.90 Å². The first-order valence-corrected chi connectivity index (χ1v) is 7.70. The Morgan fingerprint density at radius 1 is 1.44 bits per heavy atom. The molecule has 0 heterocycles. The SMILES string of the molecule is CCCC(CBr)CN(C)CCOCC1CC1. The van der Waals surface area contributed by atoms with E-state index in [4.69, 9.17) is 4.74 Å². The van der Waals surface area contributed by atoms with Crippen LogP contribution in [0.15, 0.2) is 0 Å². The van der Waals surface area contributed by atoms with Crippen molar-refractivity contribution in [1.29, 1.82) is 0 Å². The summed E-state index contributed by atoms with van der Waals surface area (Å²) in [4.78, 5) is 2.40. The van der Waals surface area contributed by atoms with Crippen LogP contribution in [0.3, 0.4) is 0 Å². The molecule has 16 heavy (non-hydrogen) atoms. The van der Waals surface area contributed by atoms with Gasteiger partial charge in [0, 0.05) is 25.0 Å². The number of alkyl halides is 1. The van der Waals surface area contributed by atoms with Crippen LogP contribution in [0.2, 0.25) is 0 Å². The average Bonchev–Trinajstić information content (AvgIpc) is 3.07. The molecule has 0 aromatic heterocycles. The second-order valence-electron chi connectivity index (χ2n) is 5.09. The van der Waals surface area contributed by atoms with Crippen molar-refractivity contribution in [3.05, 3.63) is 0 Å². The van der Waals surface area contributed by atoms with Crippen molar-refractivity contribution in [2.45, 2.75) is 32.6 Å². The van der Waals surface area contributed by atoms with Crippen molar-refractivity contribution in [2.75, 3.05) is 38.7 Å². The van der Waals surface area contributed by atoms with Crippen molar-refractivity contribution in [2.24, 2.45) is 11.8 Å². The van der Waals surface area contributed by atoms with Gasteiger partial charge >= 0.3 is 0 Å². The summed E-state index contributed by atoms with van der Waals surface area (Å²) >= 11 is 3.60. The third kappa shape index (κ3) is 6.87. The fourth-order valence-corrected chi connectivity index (χ4v) is 2.44. The molecule has 0 saturated heterocycles. The zero-order valence-electron chi connectivity index (χ0n) is 10.8. The molecule has 1 unspecified atom stereocenters. The van der Waals surface area contributed by atoms with Gasteiger partial charge in [0.05, 0.1) is 6.61 Å². The minimum atomic E-state index is 0.790. The minimum Gasteiger partial charge on any atom is -0.380 e. The Morgan fingerprint density at radius 3 is 2.75 bits per heavy atom. The molecule has 1 saturated carbocycles. The maximum atomic E-state index is 5.65. The third-order valence-corrected chi connectivity index (χ3v) is 4.07. The lowest BCUT2D eigenvalue weighted by Gasteiger charge is -2.22. The maximum Gasteiger partial charge on any atom is 0.0593 e. The van der Waals surface area contributed by atoms with Crippen LogP contribution in [0, 0.1) is 11.8 Å². The Labute approximate surface area is 109 Å².